The molecule has 5 heteroatoms. The second kappa shape index (κ2) is 7.07. The molecule has 1 aromatic rings. The monoisotopic (exact) mass is 247 g/mol. The molecule has 0 radical (unpaired) electrons. The molecule has 0 aliphatic carbocycles. The summed E-state index contributed by atoms with van der Waals surface area (Å²) in [6.45, 7) is 2.04. The smallest absolute Gasteiger partial charge is 0.339 e. The summed E-state index contributed by atoms with van der Waals surface area (Å²) in [5.41, 5.74) is 0.748. The van der Waals surface area contributed by atoms with Crippen molar-refractivity contribution in [1.82, 2.24) is 4.98 Å². The summed E-state index contributed by atoms with van der Waals surface area (Å²) in [5.74, 6) is 4.45. The van der Waals surface area contributed by atoms with E-state index in [4.69, 9.17) is 4.74 Å². The third-order valence-corrected chi connectivity index (χ3v) is 1.99. The van der Waals surface area contributed by atoms with Gasteiger partial charge in [0.05, 0.1) is 24.8 Å². The lowest BCUT2D eigenvalue weighted by atomic mass is 10.1. The number of carbonyl (C=O) groups excluding carboxylic acids is 2. The molecule has 18 heavy (non-hydrogen) atoms. The number of aromatic nitrogens is 1. The average molecular weight is 247 g/mol. The minimum atomic E-state index is -0.488. The van der Waals surface area contributed by atoms with Crippen molar-refractivity contribution in [2.24, 2.45) is 0 Å². The van der Waals surface area contributed by atoms with Gasteiger partial charge in [-0.2, -0.15) is 0 Å². The molecule has 0 N–H and O–H groups in total. The van der Waals surface area contributed by atoms with E-state index in [9.17, 15) is 9.59 Å². The summed E-state index contributed by atoms with van der Waals surface area (Å²) in [4.78, 5) is 26.4. The Morgan fingerprint density at radius 1 is 1.44 bits per heavy atom. The van der Waals surface area contributed by atoms with Gasteiger partial charge in [0, 0.05) is 12.4 Å². The van der Waals surface area contributed by atoms with E-state index in [2.05, 4.69) is 21.6 Å². The highest BCUT2D eigenvalue weighted by Crippen LogP contribution is 2.06. The molecule has 1 rings (SSSR count). The molecular formula is C13H13NO4. The molecule has 1 heterocycles. The summed E-state index contributed by atoms with van der Waals surface area (Å²) >= 11 is 0. The first-order chi connectivity index (χ1) is 8.69. The van der Waals surface area contributed by atoms with Crippen LogP contribution in [0.2, 0.25) is 0 Å². The predicted molar refractivity (Wildman–Crippen MR) is 63.7 cm³/mol. The van der Waals surface area contributed by atoms with E-state index in [1.54, 1.807) is 6.92 Å². The zero-order chi connectivity index (χ0) is 13.4. The molecule has 94 valence electrons. The van der Waals surface area contributed by atoms with Crippen molar-refractivity contribution in [2.75, 3.05) is 13.7 Å². The fourth-order valence-corrected chi connectivity index (χ4v) is 1.21. The third kappa shape index (κ3) is 3.91. The number of rotatable bonds is 3. The van der Waals surface area contributed by atoms with Gasteiger partial charge in [0.25, 0.3) is 0 Å². The van der Waals surface area contributed by atoms with Gasteiger partial charge in [0.2, 0.25) is 0 Å². The topological polar surface area (TPSA) is 65.5 Å². The van der Waals surface area contributed by atoms with Gasteiger partial charge < -0.3 is 9.47 Å². The van der Waals surface area contributed by atoms with Crippen LogP contribution in [0, 0.1) is 11.8 Å². The van der Waals surface area contributed by atoms with Crippen LogP contribution in [-0.4, -0.2) is 30.6 Å². The first kappa shape index (κ1) is 13.7. The number of ether oxygens (including phenoxy) is 2. The van der Waals surface area contributed by atoms with Crippen LogP contribution < -0.4 is 0 Å². The molecule has 0 spiro atoms. The second-order valence-electron chi connectivity index (χ2n) is 3.20. The average Bonchev–Trinajstić information content (AvgIpc) is 2.39. The first-order valence-corrected chi connectivity index (χ1v) is 5.35. The highest BCUT2D eigenvalue weighted by Gasteiger charge is 2.09. The Balaban J connectivity index is 2.82. The Labute approximate surface area is 105 Å². The number of esters is 2. The summed E-state index contributed by atoms with van der Waals surface area (Å²) < 4.78 is 9.35. The predicted octanol–water partition coefficient (Wildman–Crippen LogP) is 1.17. The van der Waals surface area contributed by atoms with E-state index in [1.807, 2.05) is 0 Å². The zero-order valence-corrected chi connectivity index (χ0v) is 10.2. The van der Waals surface area contributed by atoms with Crippen molar-refractivity contribution in [2.45, 2.75) is 13.3 Å². The van der Waals surface area contributed by atoms with E-state index in [1.165, 1.54) is 25.6 Å². The lowest BCUT2D eigenvalue weighted by molar-refractivity contribution is -0.141. The minimum absolute atomic E-state index is 0.0245. The molecule has 0 unspecified atom stereocenters. The molecule has 0 saturated heterocycles. The van der Waals surface area contributed by atoms with Crippen LogP contribution in [0.5, 0.6) is 0 Å². The molecule has 0 aromatic carbocycles. The van der Waals surface area contributed by atoms with Gasteiger partial charge in [0.1, 0.15) is 6.42 Å². The Morgan fingerprint density at radius 3 is 2.89 bits per heavy atom. The van der Waals surface area contributed by atoms with E-state index >= 15 is 0 Å². The number of nitrogens with zero attached hydrogens (tertiary/aromatic N) is 1. The Morgan fingerprint density at radius 2 is 2.22 bits per heavy atom. The fourth-order valence-electron chi connectivity index (χ4n) is 1.21. The van der Waals surface area contributed by atoms with Crippen LogP contribution in [0.4, 0.5) is 0 Å². The number of methoxy groups -OCH3 is 1. The number of hydrogen-bond acceptors (Lipinski definition) is 5. The van der Waals surface area contributed by atoms with Crippen molar-refractivity contribution >= 4 is 11.9 Å². The molecule has 0 bridgehead atoms. The summed E-state index contributed by atoms with van der Waals surface area (Å²) in [6, 6.07) is 1.51. The van der Waals surface area contributed by atoms with Crippen LogP contribution in [0.15, 0.2) is 18.5 Å². The molecule has 0 aliphatic heterocycles. The maximum Gasteiger partial charge on any atom is 0.339 e. The van der Waals surface area contributed by atoms with Gasteiger partial charge in [-0.1, -0.05) is 11.8 Å². The van der Waals surface area contributed by atoms with Gasteiger partial charge in [-0.15, -0.1) is 0 Å². The summed E-state index contributed by atoms with van der Waals surface area (Å²) in [7, 11) is 1.29. The van der Waals surface area contributed by atoms with Gasteiger partial charge in [-0.3, -0.25) is 9.78 Å². The number of carbonyl (C=O) groups is 2. The summed E-state index contributed by atoms with van der Waals surface area (Å²) in [5, 5.41) is 0. The van der Waals surface area contributed by atoms with Gasteiger partial charge >= 0.3 is 11.9 Å². The zero-order valence-electron chi connectivity index (χ0n) is 10.2. The lowest BCUT2D eigenvalue weighted by Gasteiger charge is -2.00. The molecule has 0 amide bonds. The molecule has 5 nitrogen and oxygen atoms in total. The van der Waals surface area contributed by atoms with Crippen LogP contribution >= 0.6 is 0 Å². The van der Waals surface area contributed by atoms with Gasteiger partial charge in [-0.25, -0.2) is 4.79 Å². The van der Waals surface area contributed by atoms with Crippen molar-refractivity contribution in [3.05, 3.63) is 29.6 Å². The maximum atomic E-state index is 11.4. The van der Waals surface area contributed by atoms with Crippen molar-refractivity contribution < 1.29 is 19.1 Å². The fraction of sp³-hybridized carbons (Fsp3) is 0.308. The van der Waals surface area contributed by atoms with E-state index in [0.29, 0.717) is 17.7 Å². The number of pyridine rings is 1. The Bertz CT molecular complexity index is 499. The second-order valence-corrected chi connectivity index (χ2v) is 3.20. The van der Waals surface area contributed by atoms with E-state index in [0.717, 1.165) is 0 Å². The molecule has 0 fully saturated rings. The maximum absolute atomic E-state index is 11.4. The molecule has 0 saturated carbocycles. The van der Waals surface area contributed by atoms with Crippen LogP contribution in [0.25, 0.3) is 0 Å². The van der Waals surface area contributed by atoms with Crippen molar-refractivity contribution in [3.63, 3.8) is 0 Å². The van der Waals surface area contributed by atoms with Crippen molar-refractivity contribution in [1.29, 1.82) is 0 Å². The highest BCUT2D eigenvalue weighted by molar-refractivity contribution is 5.92. The van der Waals surface area contributed by atoms with Crippen LogP contribution in [0.3, 0.4) is 0 Å². The molecule has 1 aromatic heterocycles. The van der Waals surface area contributed by atoms with E-state index < -0.39 is 11.9 Å². The quantitative estimate of drug-likeness (QED) is 0.592. The molecular weight excluding hydrogens is 234 g/mol. The molecule has 0 atom stereocenters. The minimum Gasteiger partial charge on any atom is -0.465 e. The third-order valence-electron chi connectivity index (χ3n) is 1.99. The SMILES string of the molecule is CCOC(=O)CC#Cc1cnccc1C(=O)OC. The number of hydrogen-bond donors (Lipinski definition) is 0. The van der Waals surface area contributed by atoms with E-state index in [-0.39, 0.29) is 6.42 Å². The largest absolute Gasteiger partial charge is 0.465 e. The van der Waals surface area contributed by atoms with Crippen LogP contribution in [-0.2, 0) is 14.3 Å². The lowest BCUT2D eigenvalue weighted by Crippen LogP contribution is -2.04. The van der Waals surface area contributed by atoms with Crippen LogP contribution in [0.1, 0.15) is 29.3 Å². The van der Waals surface area contributed by atoms with Gasteiger partial charge in [-0.05, 0) is 13.0 Å². The molecule has 0 aliphatic rings. The highest BCUT2D eigenvalue weighted by atomic mass is 16.5. The van der Waals surface area contributed by atoms with Crippen molar-refractivity contribution in [3.8, 4) is 11.8 Å². The first-order valence-electron chi connectivity index (χ1n) is 5.35. The Hall–Kier alpha value is -2.35. The van der Waals surface area contributed by atoms with Gasteiger partial charge in [0.15, 0.2) is 0 Å². The Kier molecular flexibility index (Phi) is 5.39. The normalized spacial score (nSPS) is 9.00. The standard InChI is InChI=1S/C13H13NO4/c1-3-18-12(15)6-4-5-10-9-14-8-7-11(10)13(16)17-2/h7-9H,3,6H2,1-2H3. The summed E-state index contributed by atoms with van der Waals surface area (Å²) in [6.07, 6.45) is 2.90.